The molecule has 0 bridgehead atoms. The van der Waals surface area contributed by atoms with E-state index in [-0.39, 0.29) is 0 Å². The van der Waals surface area contributed by atoms with E-state index >= 15 is 0 Å². The van der Waals surface area contributed by atoms with Crippen LogP contribution in [-0.4, -0.2) is 11.9 Å². The molecule has 2 aromatic heterocycles. The van der Waals surface area contributed by atoms with Gasteiger partial charge in [0.25, 0.3) is 0 Å². The first-order valence-electron chi connectivity index (χ1n) is 12.4. The number of pyridine rings is 1. The number of benzene rings is 3. The van der Waals surface area contributed by atoms with Gasteiger partial charge in [0.2, 0.25) is 5.69 Å². The molecule has 0 fully saturated rings. The number of hydrogen-bond donors (Lipinski definition) is 0. The van der Waals surface area contributed by atoms with Crippen LogP contribution in [0.1, 0.15) is 22.2 Å². The van der Waals surface area contributed by atoms with Crippen molar-refractivity contribution in [3.05, 3.63) is 89.6 Å². The summed E-state index contributed by atoms with van der Waals surface area (Å²) >= 11 is 0. The van der Waals surface area contributed by atoms with E-state index in [9.17, 15) is 0 Å². The highest BCUT2D eigenvalue weighted by Gasteiger charge is 2.24. The lowest BCUT2D eigenvalue weighted by atomic mass is 9.95. The Bertz CT molecular complexity index is 1650. The van der Waals surface area contributed by atoms with Gasteiger partial charge >= 0.3 is 0 Å². The van der Waals surface area contributed by atoms with Gasteiger partial charge in [-0.15, -0.1) is 0 Å². The SMILES string of the molecule is [2H]C1([2H])c2cccc(-c3cccc4c3oc3c(-c5cccc[n+]5C)c(C)ccc34)c2C([2H])([2H])N1C. The summed E-state index contributed by atoms with van der Waals surface area (Å²) in [5.74, 6) is 0. The number of aryl methyl sites for hydroxylation is 2. The van der Waals surface area contributed by atoms with Crippen LogP contribution in [0.15, 0.2) is 77.3 Å². The molecule has 31 heavy (non-hydrogen) atoms. The van der Waals surface area contributed by atoms with E-state index in [1.54, 1.807) is 12.1 Å². The summed E-state index contributed by atoms with van der Waals surface area (Å²) in [6, 6.07) is 21.5. The Balaban J connectivity index is 1.69. The molecule has 3 heterocycles. The molecule has 0 amide bonds. The molecule has 0 atom stereocenters. The topological polar surface area (TPSA) is 20.3 Å². The number of hydrogen-bond acceptors (Lipinski definition) is 2. The van der Waals surface area contributed by atoms with E-state index in [4.69, 9.17) is 9.90 Å². The van der Waals surface area contributed by atoms with Crippen LogP contribution in [0.2, 0.25) is 0 Å². The summed E-state index contributed by atoms with van der Waals surface area (Å²) in [5.41, 5.74) is 6.74. The largest absolute Gasteiger partial charge is 0.454 e. The van der Waals surface area contributed by atoms with Gasteiger partial charge in [-0.2, -0.15) is 0 Å². The van der Waals surface area contributed by atoms with Crippen molar-refractivity contribution < 1.29 is 14.5 Å². The highest BCUT2D eigenvalue weighted by atomic mass is 16.3. The minimum Gasteiger partial charge on any atom is -0.454 e. The van der Waals surface area contributed by atoms with Crippen molar-refractivity contribution in [2.75, 3.05) is 7.05 Å². The second-order valence-electron chi connectivity index (χ2n) is 8.13. The molecular formula is C28H25N2O+. The third-order valence-corrected chi connectivity index (χ3v) is 6.11. The molecule has 0 aliphatic carbocycles. The smallest absolute Gasteiger partial charge is 0.216 e. The predicted molar refractivity (Wildman–Crippen MR) is 126 cm³/mol. The fourth-order valence-electron chi connectivity index (χ4n) is 4.64. The number of rotatable bonds is 2. The minimum atomic E-state index is -1.97. The van der Waals surface area contributed by atoms with Crippen LogP contribution in [0.5, 0.6) is 0 Å². The first-order chi connectivity index (χ1) is 16.6. The third kappa shape index (κ3) is 2.74. The maximum atomic E-state index is 8.75. The van der Waals surface area contributed by atoms with E-state index in [0.29, 0.717) is 22.3 Å². The number of fused-ring (bicyclic) bond motifs is 4. The van der Waals surface area contributed by atoms with Gasteiger partial charge in [0.05, 0.1) is 5.56 Å². The molecule has 1 aliphatic heterocycles. The molecule has 0 saturated carbocycles. The van der Waals surface area contributed by atoms with Crippen LogP contribution in [0, 0.1) is 6.92 Å². The standard InChI is InChI=1S/C28H25N2O/c1-18-13-14-23-22-11-7-10-21(20-9-6-8-19-16-29(2)17-24(19)20)27(22)31-28(23)26(18)25-12-4-5-15-30(25)3/h4-15H,16-17H2,1-3H3/q+1/i16D2,17D2. The first-order valence-corrected chi connectivity index (χ1v) is 10.4. The Kier molecular flexibility index (Phi) is 3.19. The Labute approximate surface area is 187 Å². The maximum Gasteiger partial charge on any atom is 0.216 e. The number of aromatic nitrogens is 1. The van der Waals surface area contributed by atoms with E-state index in [1.165, 1.54) is 7.05 Å². The van der Waals surface area contributed by atoms with Gasteiger partial charge in [0.1, 0.15) is 18.2 Å². The Morgan fingerprint density at radius 3 is 2.55 bits per heavy atom. The Hall–Kier alpha value is -3.43. The second kappa shape index (κ2) is 6.79. The molecular weight excluding hydrogens is 380 g/mol. The fourth-order valence-corrected chi connectivity index (χ4v) is 4.64. The predicted octanol–water partition coefficient (Wildman–Crippen LogP) is 6.00. The van der Waals surface area contributed by atoms with Gasteiger partial charge in [-0.1, -0.05) is 48.5 Å². The molecule has 0 radical (unpaired) electrons. The molecule has 1 aliphatic rings. The summed E-state index contributed by atoms with van der Waals surface area (Å²) in [6.45, 7) is -1.81. The molecule has 3 aromatic carbocycles. The lowest BCUT2D eigenvalue weighted by Gasteiger charge is -2.09. The molecule has 0 spiro atoms. The van der Waals surface area contributed by atoms with E-state index in [2.05, 4.69) is 29.7 Å². The molecule has 0 unspecified atom stereocenters. The monoisotopic (exact) mass is 409 g/mol. The van der Waals surface area contributed by atoms with Crippen LogP contribution in [0.25, 0.3) is 44.3 Å². The van der Waals surface area contributed by atoms with Crippen molar-refractivity contribution in [1.82, 2.24) is 4.90 Å². The molecule has 0 saturated heterocycles. The van der Waals surface area contributed by atoms with Gasteiger partial charge in [-0.25, -0.2) is 4.57 Å². The fraction of sp³-hybridized carbons (Fsp3) is 0.179. The van der Waals surface area contributed by atoms with Crippen molar-refractivity contribution in [2.45, 2.75) is 19.9 Å². The second-order valence-corrected chi connectivity index (χ2v) is 8.13. The highest BCUT2D eigenvalue weighted by molar-refractivity contribution is 6.13. The zero-order chi connectivity index (χ0) is 24.7. The first kappa shape index (κ1) is 14.6. The lowest BCUT2D eigenvalue weighted by Crippen LogP contribution is -2.30. The van der Waals surface area contributed by atoms with Crippen molar-refractivity contribution in [3.63, 3.8) is 0 Å². The zero-order valence-corrected chi connectivity index (χ0v) is 17.7. The van der Waals surface area contributed by atoms with Gasteiger partial charge in [0, 0.05) is 46.9 Å². The van der Waals surface area contributed by atoms with Crippen LogP contribution in [0.3, 0.4) is 0 Å². The maximum absolute atomic E-state index is 8.75. The minimum absolute atomic E-state index is 0.350. The van der Waals surface area contributed by atoms with Gasteiger partial charge in [-0.05, 0) is 42.3 Å². The summed E-state index contributed by atoms with van der Waals surface area (Å²) in [4.78, 5) is 1.16. The van der Waals surface area contributed by atoms with Crippen LogP contribution in [-0.2, 0) is 20.0 Å². The van der Waals surface area contributed by atoms with E-state index < -0.39 is 13.0 Å². The zero-order valence-electron chi connectivity index (χ0n) is 21.7. The van der Waals surface area contributed by atoms with Crippen molar-refractivity contribution in [2.24, 2.45) is 7.05 Å². The van der Waals surface area contributed by atoms with Crippen LogP contribution >= 0.6 is 0 Å². The van der Waals surface area contributed by atoms with Crippen molar-refractivity contribution in [3.8, 4) is 22.4 Å². The summed E-state index contributed by atoms with van der Waals surface area (Å²) in [6.07, 6.45) is 2.02. The Morgan fingerprint density at radius 2 is 1.68 bits per heavy atom. The lowest BCUT2D eigenvalue weighted by molar-refractivity contribution is -0.660. The number of nitrogens with zero attached hydrogens (tertiary/aromatic N) is 2. The Morgan fingerprint density at radius 1 is 0.871 bits per heavy atom. The molecule has 3 nitrogen and oxygen atoms in total. The summed E-state index contributed by atoms with van der Waals surface area (Å²) < 4.78 is 43.3. The average molecular weight is 410 g/mol. The van der Waals surface area contributed by atoms with Gasteiger partial charge in [0.15, 0.2) is 6.20 Å². The van der Waals surface area contributed by atoms with E-state index in [1.807, 2.05) is 49.6 Å². The van der Waals surface area contributed by atoms with E-state index in [0.717, 1.165) is 43.6 Å². The van der Waals surface area contributed by atoms with Gasteiger partial charge in [-0.3, -0.25) is 4.90 Å². The highest BCUT2D eigenvalue weighted by Crippen LogP contribution is 2.42. The summed E-state index contributed by atoms with van der Waals surface area (Å²) in [7, 11) is 3.50. The number of para-hydroxylation sites is 1. The van der Waals surface area contributed by atoms with Crippen LogP contribution < -0.4 is 4.57 Å². The summed E-state index contributed by atoms with van der Waals surface area (Å²) in [5, 5.41) is 1.94. The van der Waals surface area contributed by atoms with Crippen LogP contribution in [0.4, 0.5) is 0 Å². The number of furan rings is 1. The quantitative estimate of drug-likeness (QED) is 0.333. The molecule has 6 rings (SSSR count). The molecule has 152 valence electrons. The third-order valence-electron chi connectivity index (χ3n) is 6.11. The van der Waals surface area contributed by atoms with Crippen molar-refractivity contribution >= 4 is 21.9 Å². The average Bonchev–Trinajstić information content (AvgIpc) is 3.27. The normalized spacial score (nSPS) is 19.1. The van der Waals surface area contributed by atoms with Gasteiger partial charge < -0.3 is 4.42 Å². The molecule has 3 heteroatoms. The van der Waals surface area contributed by atoms with Crippen molar-refractivity contribution in [1.29, 1.82) is 0 Å². The molecule has 5 aromatic rings. The molecule has 0 N–H and O–H groups in total.